The summed E-state index contributed by atoms with van der Waals surface area (Å²) in [5, 5.41) is 13.3. The number of nitro benzene ring substituents is 1. The zero-order valence-electron chi connectivity index (χ0n) is 16.5. The molecule has 0 saturated carbocycles. The molecule has 1 aliphatic rings. The third kappa shape index (κ3) is 4.85. The van der Waals surface area contributed by atoms with Crippen molar-refractivity contribution in [3.05, 3.63) is 63.7 Å². The second kappa shape index (κ2) is 8.65. The number of carbonyl (C=O) groups is 3. The number of para-hydroxylation sites is 1. The Morgan fingerprint density at radius 3 is 2.59 bits per heavy atom. The van der Waals surface area contributed by atoms with E-state index in [4.69, 9.17) is 4.74 Å². The first-order valence-corrected chi connectivity index (χ1v) is 9.21. The lowest BCUT2D eigenvalue weighted by Gasteiger charge is -2.31. The quantitative estimate of drug-likeness (QED) is 0.424. The lowest BCUT2D eigenvalue weighted by Crippen LogP contribution is -2.47. The van der Waals surface area contributed by atoms with Crippen LogP contribution in [0.15, 0.2) is 42.5 Å². The van der Waals surface area contributed by atoms with Gasteiger partial charge in [-0.2, -0.15) is 13.2 Å². The first kappa shape index (κ1) is 22.7. The maximum atomic E-state index is 12.9. The van der Waals surface area contributed by atoms with Crippen molar-refractivity contribution in [3.63, 3.8) is 0 Å². The van der Waals surface area contributed by atoms with E-state index < -0.39 is 53.5 Å². The summed E-state index contributed by atoms with van der Waals surface area (Å²) in [6.07, 6.45) is -6.51. The molecule has 1 heterocycles. The summed E-state index contributed by atoms with van der Waals surface area (Å²) in [5.41, 5.74) is -1.39. The van der Waals surface area contributed by atoms with Crippen molar-refractivity contribution in [3.8, 4) is 0 Å². The van der Waals surface area contributed by atoms with Crippen LogP contribution >= 0.6 is 0 Å². The summed E-state index contributed by atoms with van der Waals surface area (Å²) in [7, 11) is 0. The minimum absolute atomic E-state index is 0.0178. The Balaban J connectivity index is 1.76. The average Bonchev–Trinajstić information content (AvgIpc) is 2.71. The predicted octanol–water partition coefficient (Wildman–Crippen LogP) is 3.07. The second-order valence-electron chi connectivity index (χ2n) is 6.90. The number of anilines is 2. The van der Waals surface area contributed by atoms with Crippen LogP contribution in [0, 0.1) is 10.1 Å². The summed E-state index contributed by atoms with van der Waals surface area (Å²) >= 11 is 0. The Morgan fingerprint density at radius 2 is 1.94 bits per heavy atom. The molecule has 1 unspecified atom stereocenters. The van der Waals surface area contributed by atoms with Gasteiger partial charge in [0.2, 0.25) is 5.91 Å². The zero-order chi connectivity index (χ0) is 23.6. The Labute approximate surface area is 178 Å². The number of nitro groups is 1. The van der Waals surface area contributed by atoms with Crippen LogP contribution in [0.2, 0.25) is 0 Å². The van der Waals surface area contributed by atoms with E-state index in [1.54, 1.807) is 0 Å². The standard InChI is InChI=1S/C20H16F3N3O6/c1-11(32-18(28)8-12-4-2-3-5-15(12)26(30)31)19(29)25-10-17(27)24-14-9-13(20(21,22)23)6-7-16(14)25/h2-7,9,11H,8,10H2,1H3,(H,24,27). The molecule has 0 fully saturated rings. The minimum Gasteiger partial charge on any atom is -0.452 e. The third-order valence-corrected chi connectivity index (χ3v) is 4.64. The van der Waals surface area contributed by atoms with Crippen LogP contribution in [0.5, 0.6) is 0 Å². The molecule has 0 spiro atoms. The van der Waals surface area contributed by atoms with Crippen LogP contribution in [0.3, 0.4) is 0 Å². The van der Waals surface area contributed by atoms with Gasteiger partial charge in [-0.05, 0) is 25.1 Å². The van der Waals surface area contributed by atoms with Gasteiger partial charge in [0.1, 0.15) is 6.54 Å². The number of carbonyl (C=O) groups excluding carboxylic acids is 3. The number of hydrogen-bond donors (Lipinski definition) is 1. The number of alkyl halides is 3. The molecule has 168 valence electrons. The molecule has 0 radical (unpaired) electrons. The molecule has 1 atom stereocenters. The fourth-order valence-electron chi connectivity index (χ4n) is 3.17. The highest BCUT2D eigenvalue weighted by Crippen LogP contribution is 2.37. The van der Waals surface area contributed by atoms with Gasteiger partial charge in [0, 0.05) is 11.6 Å². The lowest BCUT2D eigenvalue weighted by molar-refractivity contribution is -0.385. The van der Waals surface area contributed by atoms with E-state index in [-0.39, 0.29) is 22.6 Å². The lowest BCUT2D eigenvalue weighted by atomic mass is 10.1. The SMILES string of the molecule is CC(OC(=O)Cc1ccccc1[N+](=O)[O-])C(=O)N1CC(=O)Nc2cc(C(F)(F)F)ccc21. The first-order valence-electron chi connectivity index (χ1n) is 9.21. The van der Waals surface area contributed by atoms with E-state index in [0.717, 1.165) is 17.0 Å². The molecule has 2 amide bonds. The Bertz CT molecular complexity index is 1100. The molecule has 0 bridgehead atoms. The molecule has 3 rings (SSSR count). The van der Waals surface area contributed by atoms with Gasteiger partial charge in [-0.25, -0.2) is 0 Å². The molecule has 0 aromatic heterocycles. The molecular weight excluding hydrogens is 435 g/mol. The number of benzene rings is 2. The van der Waals surface area contributed by atoms with Crippen LogP contribution < -0.4 is 10.2 Å². The molecule has 12 heteroatoms. The number of amides is 2. The molecular formula is C20H16F3N3O6. The number of nitrogens with one attached hydrogen (secondary N) is 1. The molecule has 0 aliphatic carbocycles. The number of hydrogen-bond acceptors (Lipinski definition) is 6. The van der Waals surface area contributed by atoms with Gasteiger partial charge in [-0.3, -0.25) is 29.4 Å². The normalized spacial score (nSPS) is 14.2. The number of rotatable bonds is 5. The van der Waals surface area contributed by atoms with Crippen molar-refractivity contribution in [2.45, 2.75) is 25.6 Å². The topological polar surface area (TPSA) is 119 Å². The first-order chi connectivity index (χ1) is 15.0. The van der Waals surface area contributed by atoms with Crippen LogP contribution in [-0.4, -0.2) is 35.4 Å². The highest BCUT2D eigenvalue weighted by atomic mass is 19.4. The molecule has 2 aromatic rings. The van der Waals surface area contributed by atoms with Crippen molar-refractivity contribution in [1.29, 1.82) is 0 Å². The highest BCUT2D eigenvalue weighted by molar-refractivity contribution is 6.11. The Morgan fingerprint density at radius 1 is 1.25 bits per heavy atom. The van der Waals surface area contributed by atoms with Gasteiger partial charge < -0.3 is 10.1 Å². The van der Waals surface area contributed by atoms with Crippen LogP contribution in [-0.2, 0) is 31.7 Å². The van der Waals surface area contributed by atoms with Crippen LogP contribution in [0.4, 0.5) is 30.2 Å². The summed E-state index contributed by atoms with van der Waals surface area (Å²) in [6.45, 7) is 0.749. The van der Waals surface area contributed by atoms with Gasteiger partial charge >= 0.3 is 12.1 Å². The van der Waals surface area contributed by atoms with Crippen LogP contribution in [0.1, 0.15) is 18.1 Å². The number of esters is 1. The monoisotopic (exact) mass is 451 g/mol. The molecule has 0 saturated heterocycles. The average molecular weight is 451 g/mol. The summed E-state index contributed by atoms with van der Waals surface area (Å²) in [6, 6.07) is 8.03. The smallest absolute Gasteiger partial charge is 0.416 e. The molecule has 2 aromatic carbocycles. The van der Waals surface area contributed by atoms with E-state index in [2.05, 4.69) is 5.32 Å². The van der Waals surface area contributed by atoms with E-state index in [1.165, 1.54) is 31.2 Å². The molecule has 32 heavy (non-hydrogen) atoms. The number of halogens is 3. The Hall–Kier alpha value is -3.96. The molecule has 9 nitrogen and oxygen atoms in total. The zero-order valence-corrected chi connectivity index (χ0v) is 16.5. The highest BCUT2D eigenvalue weighted by Gasteiger charge is 2.35. The van der Waals surface area contributed by atoms with Crippen molar-refractivity contribution in [2.24, 2.45) is 0 Å². The number of ether oxygens (including phenoxy) is 1. The number of nitrogens with zero attached hydrogens (tertiary/aromatic N) is 2. The second-order valence-corrected chi connectivity index (χ2v) is 6.90. The van der Waals surface area contributed by atoms with Crippen LogP contribution in [0.25, 0.3) is 0 Å². The summed E-state index contributed by atoms with van der Waals surface area (Å²) in [4.78, 5) is 48.3. The van der Waals surface area contributed by atoms with Crippen molar-refractivity contribution < 1.29 is 37.2 Å². The fourth-order valence-corrected chi connectivity index (χ4v) is 3.17. The van der Waals surface area contributed by atoms with E-state index in [9.17, 15) is 37.7 Å². The van der Waals surface area contributed by atoms with E-state index in [0.29, 0.717) is 6.07 Å². The third-order valence-electron chi connectivity index (χ3n) is 4.64. The van der Waals surface area contributed by atoms with Crippen molar-refractivity contribution >= 4 is 34.8 Å². The predicted molar refractivity (Wildman–Crippen MR) is 105 cm³/mol. The maximum Gasteiger partial charge on any atom is 0.416 e. The largest absolute Gasteiger partial charge is 0.452 e. The van der Waals surface area contributed by atoms with Gasteiger partial charge in [-0.15, -0.1) is 0 Å². The summed E-state index contributed by atoms with van der Waals surface area (Å²) in [5.74, 6) is -2.48. The molecule has 1 aliphatic heterocycles. The Kier molecular flexibility index (Phi) is 6.14. The summed E-state index contributed by atoms with van der Waals surface area (Å²) < 4.78 is 43.9. The minimum atomic E-state index is -4.64. The van der Waals surface area contributed by atoms with Crippen molar-refractivity contribution in [1.82, 2.24) is 0 Å². The van der Waals surface area contributed by atoms with Gasteiger partial charge in [0.25, 0.3) is 11.6 Å². The van der Waals surface area contributed by atoms with Gasteiger partial charge in [0.15, 0.2) is 6.10 Å². The fraction of sp³-hybridized carbons (Fsp3) is 0.250. The van der Waals surface area contributed by atoms with Gasteiger partial charge in [-0.1, -0.05) is 18.2 Å². The van der Waals surface area contributed by atoms with E-state index in [1.807, 2.05) is 0 Å². The molecule has 1 N–H and O–H groups in total. The van der Waals surface area contributed by atoms with Gasteiger partial charge in [0.05, 0.1) is 28.3 Å². The van der Waals surface area contributed by atoms with E-state index >= 15 is 0 Å². The maximum absolute atomic E-state index is 12.9. The van der Waals surface area contributed by atoms with Crippen molar-refractivity contribution in [2.75, 3.05) is 16.8 Å². The number of fused-ring (bicyclic) bond motifs is 1.